The molecule has 0 atom stereocenters. The molecular weight excluding hydrogens is 472 g/mol. The summed E-state index contributed by atoms with van der Waals surface area (Å²) in [6.07, 6.45) is 9.65. The van der Waals surface area contributed by atoms with E-state index in [0.29, 0.717) is 0 Å². The van der Waals surface area contributed by atoms with E-state index in [-0.39, 0.29) is 11.8 Å². The van der Waals surface area contributed by atoms with Gasteiger partial charge in [0.05, 0.1) is 16.9 Å². The maximum atomic E-state index is 12.7. The smallest absolute Gasteiger partial charge is 0.227 e. The number of carbonyl (C=O) groups excluding carboxylic acids is 1. The molecule has 4 aromatic heterocycles. The molecule has 1 aliphatic rings. The Hall–Kier alpha value is -4.78. The van der Waals surface area contributed by atoms with Crippen molar-refractivity contribution < 1.29 is 4.79 Å². The van der Waals surface area contributed by atoms with E-state index in [1.807, 2.05) is 48.8 Å². The van der Waals surface area contributed by atoms with Crippen molar-refractivity contribution in [2.45, 2.75) is 25.7 Å². The van der Waals surface area contributed by atoms with Crippen LogP contribution in [0, 0.1) is 5.92 Å². The number of pyridine rings is 2. The van der Waals surface area contributed by atoms with Crippen molar-refractivity contribution >= 4 is 33.4 Å². The number of nitrogens with one attached hydrogen (secondary N) is 3. The molecule has 1 aliphatic carbocycles. The molecule has 1 fully saturated rings. The normalized spacial score (nSPS) is 13.9. The third-order valence-electron chi connectivity index (χ3n) is 7.49. The molecule has 7 rings (SSSR count). The summed E-state index contributed by atoms with van der Waals surface area (Å²) in [7, 11) is 0. The van der Waals surface area contributed by atoms with Gasteiger partial charge in [-0.1, -0.05) is 31.0 Å². The van der Waals surface area contributed by atoms with Gasteiger partial charge in [-0.05, 0) is 72.5 Å². The third kappa shape index (κ3) is 4.02. The van der Waals surface area contributed by atoms with E-state index >= 15 is 0 Å². The van der Waals surface area contributed by atoms with Gasteiger partial charge in [0.15, 0.2) is 0 Å². The average Bonchev–Trinajstić information content (AvgIpc) is 3.73. The van der Waals surface area contributed by atoms with Crippen molar-refractivity contribution in [2.75, 3.05) is 5.32 Å². The molecule has 7 heteroatoms. The van der Waals surface area contributed by atoms with Gasteiger partial charge in [0.2, 0.25) is 5.91 Å². The molecule has 2 aromatic carbocycles. The van der Waals surface area contributed by atoms with Gasteiger partial charge in [-0.2, -0.15) is 5.10 Å². The van der Waals surface area contributed by atoms with Crippen molar-refractivity contribution in [1.82, 2.24) is 25.1 Å². The Morgan fingerprint density at radius 1 is 0.816 bits per heavy atom. The summed E-state index contributed by atoms with van der Waals surface area (Å²) < 4.78 is 0. The molecule has 0 unspecified atom stereocenters. The average molecular weight is 499 g/mol. The zero-order valence-electron chi connectivity index (χ0n) is 20.7. The van der Waals surface area contributed by atoms with Crippen LogP contribution in [-0.2, 0) is 4.79 Å². The molecule has 7 nitrogen and oxygen atoms in total. The fourth-order valence-electron chi connectivity index (χ4n) is 5.52. The first-order chi connectivity index (χ1) is 18.7. The van der Waals surface area contributed by atoms with Crippen molar-refractivity contribution in [3.8, 4) is 33.8 Å². The Kier molecular flexibility index (Phi) is 5.47. The summed E-state index contributed by atoms with van der Waals surface area (Å²) in [5.41, 5.74) is 8.50. The van der Waals surface area contributed by atoms with Crippen molar-refractivity contribution in [3.05, 3.63) is 85.3 Å². The molecule has 1 saturated carbocycles. The van der Waals surface area contributed by atoms with Gasteiger partial charge in [-0.25, -0.2) is 0 Å². The van der Waals surface area contributed by atoms with Crippen LogP contribution in [0.4, 0.5) is 5.69 Å². The quantitative estimate of drug-likeness (QED) is 0.239. The highest BCUT2D eigenvalue weighted by molar-refractivity contribution is 6.01. The van der Waals surface area contributed by atoms with Gasteiger partial charge in [-0.3, -0.25) is 19.9 Å². The van der Waals surface area contributed by atoms with E-state index in [2.05, 4.69) is 60.8 Å². The summed E-state index contributed by atoms with van der Waals surface area (Å²) in [4.78, 5) is 25.1. The van der Waals surface area contributed by atoms with Crippen LogP contribution in [-0.4, -0.2) is 31.1 Å². The minimum atomic E-state index is 0.131. The lowest BCUT2D eigenvalue weighted by Crippen LogP contribution is -2.20. The van der Waals surface area contributed by atoms with Crippen LogP contribution in [0.1, 0.15) is 25.7 Å². The number of aromatic nitrogens is 5. The highest BCUT2D eigenvalue weighted by Gasteiger charge is 2.22. The number of hydrogen-bond donors (Lipinski definition) is 3. The molecule has 1 amide bonds. The first-order valence-electron chi connectivity index (χ1n) is 13.0. The number of fused-ring (bicyclic) bond motifs is 2. The molecule has 6 aromatic rings. The Morgan fingerprint density at radius 2 is 1.66 bits per heavy atom. The van der Waals surface area contributed by atoms with Crippen LogP contribution in [0.25, 0.3) is 55.6 Å². The number of H-pyrrole nitrogens is 2. The Morgan fingerprint density at radius 3 is 2.53 bits per heavy atom. The molecule has 4 heterocycles. The van der Waals surface area contributed by atoms with Gasteiger partial charge >= 0.3 is 0 Å². The van der Waals surface area contributed by atoms with Crippen LogP contribution >= 0.6 is 0 Å². The maximum absolute atomic E-state index is 12.7. The molecule has 0 radical (unpaired) electrons. The van der Waals surface area contributed by atoms with Crippen molar-refractivity contribution in [1.29, 1.82) is 0 Å². The highest BCUT2D eigenvalue weighted by atomic mass is 16.1. The van der Waals surface area contributed by atoms with Gasteiger partial charge in [0, 0.05) is 52.0 Å². The number of anilines is 1. The Labute approximate surface area is 219 Å². The topological polar surface area (TPSA) is 99.3 Å². The lowest BCUT2D eigenvalue weighted by molar-refractivity contribution is -0.119. The SMILES string of the molecule is O=C(Nc1cccc(-c2ccc3[nH]nc(-c4cc5c(-c6cccnc6)nccc5[nH]4)c3c2)c1)C1CCCC1. The molecule has 3 N–H and O–H groups in total. The largest absolute Gasteiger partial charge is 0.353 e. The molecule has 0 saturated heterocycles. The van der Waals surface area contributed by atoms with Gasteiger partial charge in [-0.15, -0.1) is 0 Å². The monoisotopic (exact) mass is 498 g/mol. The summed E-state index contributed by atoms with van der Waals surface area (Å²) in [5, 5.41) is 13.0. The molecule has 0 bridgehead atoms. The zero-order valence-corrected chi connectivity index (χ0v) is 20.7. The van der Waals surface area contributed by atoms with Crippen LogP contribution in [0.15, 0.2) is 85.3 Å². The summed E-state index contributed by atoms with van der Waals surface area (Å²) in [5.74, 6) is 0.264. The number of rotatable bonds is 5. The number of aromatic amines is 2. The van der Waals surface area contributed by atoms with E-state index in [4.69, 9.17) is 0 Å². The van der Waals surface area contributed by atoms with Crippen LogP contribution < -0.4 is 5.32 Å². The number of carbonyl (C=O) groups is 1. The summed E-state index contributed by atoms with van der Waals surface area (Å²) in [6, 6.07) is 22.4. The van der Waals surface area contributed by atoms with Gasteiger partial charge in [0.1, 0.15) is 5.69 Å². The number of nitrogens with zero attached hydrogens (tertiary/aromatic N) is 3. The third-order valence-corrected chi connectivity index (χ3v) is 7.49. The minimum absolute atomic E-state index is 0.131. The maximum Gasteiger partial charge on any atom is 0.227 e. The van der Waals surface area contributed by atoms with Crippen LogP contribution in [0.5, 0.6) is 0 Å². The summed E-state index contributed by atoms with van der Waals surface area (Å²) in [6.45, 7) is 0. The van der Waals surface area contributed by atoms with E-state index < -0.39 is 0 Å². The van der Waals surface area contributed by atoms with Crippen LogP contribution in [0.3, 0.4) is 0 Å². The standard InChI is InChI=1S/C31H26N6O/c38-31(19-5-1-2-6-19)34-23-9-3-7-20(15-23)21-10-11-27-24(16-21)30(37-36-27)28-17-25-26(35-28)12-14-33-29(25)22-8-4-13-32-18-22/h3-4,7-19,35H,1-2,5-6H2,(H,34,38)(H,36,37). The van der Waals surface area contributed by atoms with Gasteiger partial charge in [0.25, 0.3) is 0 Å². The number of hydrogen-bond acceptors (Lipinski definition) is 4. The number of amides is 1. The lowest BCUT2D eigenvalue weighted by Gasteiger charge is -2.11. The predicted octanol–water partition coefficient (Wildman–Crippen LogP) is 6.96. The molecular formula is C31H26N6O. The number of benzene rings is 2. The summed E-state index contributed by atoms with van der Waals surface area (Å²) >= 11 is 0. The molecule has 186 valence electrons. The predicted molar refractivity (Wildman–Crippen MR) is 150 cm³/mol. The molecule has 0 spiro atoms. The second-order valence-corrected chi connectivity index (χ2v) is 9.93. The van der Waals surface area contributed by atoms with Crippen molar-refractivity contribution in [2.24, 2.45) is 5.92 Å². The fourth-order valence-corrected chi connectivity index (χ4v) is 5.52. The van der Waals surface area contributed by atoms with E-state index in [1.165, 1.54) is 0 Å². The Balaban J connectivity index is 1.25. The van der Waals surface area contributed by atoms with Crippen LogP contribution in [0.2, 0.25) is 0 Å². The Bertz CT molecular complexity index is 1780. The lowest BCUT2D eigenvalue weighted by atomic mass is 10.0. The minimum Gasteiger partial charge on any atom is -0.353 e. The van der Waals surface area contributed by atoms with E-state index in [9.17, 15) is 4.79 Å². The first-order valence-corrected chi connectivity index (χ1v) is 13.0. The second kappa shape index (κ2) is 9.27. The zero-order chi connectivity index (χ0) is 25.5. The van der Waals surface area contributed by atoms with Crippen molar-refractivity contribution in [3.63, 3.8) is 0 Å². The highest BCUT2D eigenvalue weighted by Crippen LogP contribution is 2.35. The fraction of sp³-hybridized carbons (Fsp3) is 0.161. The van der Waals surface area contributed by atoms with E-state index in [0.717, 1.165) is 86.9 Å². The molecule has 38 heavy (non-hydrogen) atoms. The first kappa shape index (κ1) is 22.4. The van der Waals surface area contributed by atoms with E-state index in [1.54, 1.807) is 6.20 Å². The van der Waals surface area contributed by atoms with Gasteiger partial charge < -0.3 is 10.3 Å². The molecule has 0 aliphatic heterocycles. The second-order valence-electron chi connectivity index (χ2n) is 9.93.